The van der Waals surface area contributed by atoms with Crippen LogP contribution in [0, 0.1) is 0 Å². The first-order chi connectivity index (χ1) is 17.4. The van der Waals surface area contributed by atoms with Gasteiger partial charge in [-0.05, 0) is 40.0 Å². The van der Waals surface area contributed by atoms with E-state index in [1.165, 1.54) is 20.8 Å². The normalized spacial score (nSPS) is 11.6. The fourth-order valence-electron chi connectivity index (χ4n) is 1.69. The maximum Gasteiger partial charge on any atom is 0.395 e. The van der Waals surface area contributed by atoms with Gasteiger partial charge in [-0.2, -0.15) is 26.3 Å². The molecule has 0 aliphatic rings. The molecular weight excluding hydrogens is 658 g/mol. The van der Waals surface area contributed by atoms with Crippen LogP contribution in [0.2, 0.25) is 0 Å². The zero-order chi connectivity index (χ0) is 31.0. The molecule has 0 aliphatic heterocycles. The predicted octanol–water partition coefficient (Wildman–Crippen LogP) is 8.24. The Morgan fingerprint density at radius 3 is 1.42 bits per heavy atom. The minimum absolute atomic E-state index is 0.000544. The van der Waals surface area contributed by atoms with Gasteiger partial charge in [-0.25, -0.2) is 14.4 Å². The van der Waals surface area contributed by atoms with E-state index in [4.69, 9.17) is 0 Å². The van der Waals surface area contributed by atoms with Crippen LogP contribution in [0.1, 0.15) is 80.1 Å². The molecule has 0 radical (unpaired) electrons. The number of halogens is 8. The Bertz CT molecular complexity index is 646. The van der Waals surface area contributed by atoms with Gasteiger partial charge in [0.25, 0.3) is 0 Å². The molecule has 0 spiro atoms. The van der Waals surface area contributed by atoms with E-state index in [0.717, 1.165) is 6.42 Å². The fraction of sp³-hybridized carbons (Fsp3) is 0.792. The molecule has 0 aromatic heterocycles. The molecule has 228 valence electrons. The van der Waals surface area contributed by atoms with Crippen molar-refractivity contribution in [1.29, 1.82) is 0 Å². The van der Waals surface area contributed by atoms with Crippen molar-refractivity contribution < 1.29 is 54.9 Å². The third-order valence-electron chi connectivity index (χ3n) is 3.71. The molecule has 0 aromatic rings. The van der Waals surface area contributed by atoms with E-state index >= 15 is 0 Å². The fourth-order valence-corrected chi connectivity index (χ4v) is 2.21. The van der Waals surface area contributed by atoms with Crippen LogP contribution in [0.15, 0.2) is 12.7 Å². The van der Waals surface area contributed by atoms with E-state index in [-0.39, 0.29) is 24.6 Å². The number of rotatable bonds is 13. The molecular formula is C24H40Br2F6O6. The van der Waals surface area contributed by atoms with Crippen molar-refractivity contribution in [3.05, 3.63) is 12.7 Å². The third kappa shape index (κ3) is 26.3. The highest BCUT2D eigenvalue weighted by Crippen LogP contribution is 2.27. The second-order valence-corrected chi connectivity index (χ2v) is 9.37. The molecule has 38 heavy (non-hydrogen) atoms. The Kier molecular flexibility index (Phi) is 28.4. The number of unbranched alkanes of at least 4 members (excludes halogenated alkanes) is 1. The quantitative estimate of drug-likeness (QED) is 0.0634. The van der Waals surface area contributed by atoms with Gasteiger partial charge < -0.3 is 14.2 Å². The first-order valence-electron chi connectivity index (χ1n) is 12.0. The average molecular weight is 698 g/mol. The van der Waals surface area contributed by atoms with Crippen molar-refractivity contribution in [2.75, 3.05) is 19.8 Å². The number of alkyl halides is 8. The van der Waals surface area contributed by atoms with E-state index in [1.54, 1.807) is 13.8 Å². The molecule has 0 amide bonds. The molecule has 0 heterocycles. The maximum absolute atomic E-state index is 12.9. The number of hydrogen-bond donors (Lipinski definition) is 0. The predicted molar refractivity (Wildman–Crippen MR) is 141 cm³/mol. The van der Waals surface area contributed by atoms with E-state index < -0.39 is 47.4 Å². The van der Waals surface area contributed by atoms with E-state index in [9.17, 15) is 40.7 Å². The molecule has 0 saturated carbocycles. The summed E-state index contributed by atoms with van der Waals surface area (Å²) in [4.78, 5) is 27.5. The largest absolute Gasteiger partial charge is 0.462 e. The van der Waals surface area contributed by atoms with Crippen molar-refractivity contribution in [1.82, 2.24) is 0 Å². The minimum Gasteiger partial charge on any atom is -0.462 e. The van der Waals surface area contributed by atoms with Crippen LogP contribution < -0.4 is 0 Å². The topological polar surface area (TPSA) is 78.9 Å². The number of hydrogen-bond acceptors (Lipinski definition) is 6. The van der Waals surface area contributed by atoms with Gasteiger partial charge >= 0.3 is 34.6 Å². The Balaban J connectivity index is -0.000000215. The maximum atomic E-state index is 12.9. The average Bonchev–Trinajstić information content (AvgIpc) is 2.83. The van der Waals surface area contributed by atoms with E-state index in [1.807, 2.05) is 22.0 Å². The van der Waals surface area contributed by atoms with Gasteiger partial charge in [0.05, 0.1) is 19.8 Å². The van der Waals surface area contributed by atoms with Crippen LogP contribution in [-0.2, 0) is 28.6 Å². The van der Waals surface area contributed by atoms with Gasteiger partial charge in [0.15, 0.2) is 0 Å². The summed E-state index contributed by atoms with van der Waals surface area (Å²) < 4.78 is 87.2. The summed E-state index contributed by atoms with van der Waals surface area (Å²) in [6.45, 7) is 13.5. The lowest BCUT2D eigenvalue weighted by atomic mass is 10.1. The highest BCUT2D eigenvalue weighted by Gasteiger charge is 2.42. The van der Waals surface area contributed by atoms with Crippen molar-refractivity contribution >= 4 is 49.8 Å². The van der Waals surface area contributed by atoms with Crippen LogP contribution in [0.3, 0.4) is 0 Å². The highest BCUT2D eigenvalue weighted by atomic mass is 79.9. The number of carbonyl (C=O) groups is 3. The summed E-state index contributed by atoms with van der Waals surface area (Å²) in [5.74, 6) is -11.1. The zero-order valence-corrected chi connectivity index (χ0v) is 25.9. The lowest BCUT2D eigenvalue weighted by molar-refractivity contribution is -0.172. The van der Waals surface area contributed by atoms with Crippen molar-refractivity contribution in [2.24, 2.45) is 0 Å². The monoisotopic (exact) mass is 696 g/mol. The molecule has 14 heteroatoms. The van der Waals surface area contributed by atoms with Crippen LogP contribution in [-0.4, -0.2) is 59.2 Å². The molecule has 6 nitrogen and oxygen atoms in total. The van der Waals surface area contributed by atoms with Gasteiger partial charge in [0.2, 0.25) is 0 Å². The van der Waals surface area contributed by atoms with Gasteiger partial charge in [0.1, 0.15) is 0 Å². The van der Waals surface area contributed by atoms with Gasteiger partial charge in [-0.15, -0.1) is 6.58 Å². The first-order valence-corrected chi connectivity index (χ1v) is 13.7. The van der Waals surface area contributed by atoms with Crippen molar-refractivity contribution in [2.45, 2.75) is 102 Å². The highest BCUT2D eigenvalue weighted by molar-refractivity contribution is 9.10. The Morgan fingerprint density at radius 1 is 0.789 bits per heavy atom. The molecule has 0 aromatic carbocycles. The standard InChI is InChI=1S/C8H13BrF2O2.C8H14F2O2.C4H5BrF2O2.C4H8/c1-3-6(9)5-8(10,11)7(12)13-4-2;1-3-5-6-8(9,10)7(11)12-4-2;1-2-9-3(8)4(5,6)7;1-3-4-2/h6H,3-5H2,1-2H3;3-6H2,1-2H3;2H2,1H3;3H,1,4H2,2H3. The summed E-state index contributed by atoms with van der Waals surface area (Å²) >= 11 is 4.88. The lowest BCUT2D eigenvalue weighted by Gasteiger charge is -2.16. The molecule has 0 rings (SSSR count). The van der Waals surface area contributed by atoms with E-state index in [2.05, 4.69) is 43.6 Å². The van der Waals surface area contributed by atoms with Crippen LogP contribution in [0.5, 0.6) is 0 Å². The molecule has 0 N–H and O–H groups in total. The summed E-state index contributed by atoms with van der Waals surface area (Å²) in [5.41, 5.74) is 0. The summed E-state index contributed by atoms with van der Waals surface area (Å²) in [5, 5.41) is 0. The molecule has 1 atom stereocenters. The van der Waals surface area contributed by atoms with Crippen molar-refractivity contribution in [3.63, 3.8) is 0 Å². The molecule has 1 unspecified atom stereocenters. The smallest absolute Gasteiger partial charge is 0.395 e. The van der Waals surface area contributed by atoms with Crippen LogP contribution in [0.4, 0.5) is 26.3 Å². The van der Waals surface area contributed by atoms with Gasteiger partial charge in [-0.1, -0.05) is 49.2 Å². The number of carbonyl (C=O) groups excluding carboxylic acids is 3. The molecule has 0 saturated heterocycles. The first kappa shape index (κ1) is 43.7. The number of esters is 3. The van der Waals surface area contributed by atoms with Crippen LogP contribution in [0.25, 0.3) is 0 Å². The Labute approximate surface area is 238 Å². The summed E-state index contributed by atoms with van der Waals surface area (Å²) in [6.07, 6.45) is 3.57. The SMILES string of the molecule is C=CCC.CCCCC(F)(F)C(=O)OCC.CCOC(=O)C(F)(F)Br.CCOC(=O)C(F)(F)CC(Br)CC. The molecule has 0 aliphatic carbocycles. The summed E-state index contributed by atoms with van der Waals surface area (Å²) in [6, 6.07) is 0. The Hall–Kier alpha value is -1.31. The molecule has 0 bridgehead atoms. The van der Waals surface area contributed by atoms with Crippen LogP contribution >= 0.6 is 31.9 Å². The zero-order valence-electron chi connectivity index (χ0n) is 22.7. The summed E-state index contributed by atoms with van der Waals surface area (Å²) in [7, 11) is 0. The van der Waals surface area contributed by atoms with Gasteiger partial charge in [0, 0.05) is 33.6 Å². The second kappa shape index (κ2) is 24.7. The van der Waals surface area contributed by atoms with Gasteiger partial charge in [-0.3, -0.25) is 0 Å². The number of ether oxygens (including phenoxy) is 3. The lowest BCUT2D eigenvalue weighted by Crippen LogP contribution is -2.33. The minimum atomic E-state index is -3.54. The molecule has 0 fully saturated rings. The van der Waals surface area contributed by atoms with Crippen molar-refractivity contribution in [3.8, 4) is 0 Å². The second-order valence-electron chi connectivity index (χ2n) is 7.08. The van der Waals surface area contributed by atoms with E-state index in [0.29, 0.717) is 19.3 Å². The third-order valence-corrected chi connectivity index (χ3v) is 5.00. The number of allylic oxidation sites excluding steroid dienone is 1. The Morgan fingerprint density at radius 2 is 1.16 bits per heavy atom.